The molecule has 2 aromatic rings. The number of carbonyl (C=O) groups is 2. The molecule has 0 aliphatic carbocycles. The van der Waals surface area contributed by atoms with E-state index in [-0.39, 0.29) is 24.8 Å². The Morgan fingerprint density at radius 2 is 2.04 bits per heavy atom. The monoisotopic (exact) mass is 366 g/mol. The summed E-state index contributed by atoms with van der Waals surface area (Å²) in [4.78, 5) is 25.7. The van der Waals surface area contributed by atoms with Crippen molar-refractivity contribution in [3.05, 3.63) is 46.4 Å². The highest BCUT2D eigenvalue weighted by molar-refractivity contribution is 7.12. The largest absolute Gasteiger partial charge is 0.489 e. The van der Waals surface area contributed by atoms with E-state index in [9.17, 15) is 14.0 Å². The molecular weight excluding hydrogens is 347 g/mol. The Bertz CT molecular complexity index is 735. The van der Waals surface area contributed by atoms with Crippen molar-refractivity contribution in [3.63, 3.8) is 0 Å². The number of amides is 1. The van der Waals surface area contributed by atoms with E-state index >= 15 is 0 Å². The first-order valence-electron chi connectivity index (χ1n) is 7.52. The summed E-state index contributed by atoms with van der Waals surface area (Å²) in [6, 6.07) is 7.80. The first kappa shape index (κ1) is 18.9. The maximum Gasteiger partial charge on any atom is 0.350 e. The summed E-state index contributed by atoms with van der Waals surface area (Å²) in [5, 5.41) is 4.38. The minimum absolute atomic E-state index is 0.108. The minimum Gasteiger partial charge on any atom is -0.489 e. The Kier molecular flexibility index (Phi) is 6.91. The second kappa shape index (κ2) is 9.14. The second-order valence-electron chi connectivity index (χ2n) is 5.22. The fraction of sp³-hybridized carbons (Fsp3) is 0.294. The van der Waals surface area contributed by atoms with Crippen LogP contribution in [-0.4, -0.2) is 50.6 Å². The summed E-state index contributed by atoms with van der Waals surface area (Å²) in [7, 11) is 3.04. The molecule has 6 nitrogen and oxygen atoms in total. The zero-order chi connectivity index (χ0) is 18.2. The third-order valence-electron chi connectivity index (χ3n) is 3.29. The summed E-state index contributed by atoms with van der Waals surface area (Å²) in [6.07, 6.45) is 0. The average molecular weight is 366 g/mol. The lowest BCUT2D eigenvalue weighted by molar-refractivity contribution is -0.117. The number of hydrogen-bond donors (Lipinski definition) is 1. The second-order valence-corrected chi connectivity index (χ2v) is 6.14. The minimum atomic E-state index is -0.489. The number of anilines is 1. The van der Waals surface area contributed by atoms with Crippen LogP contribution in [0.1, 0.15) is 9.67 Å². The maximum atomic E-state index is 13.4. The van der Waals surface area contributed by atoms with Crippen LogP contribution in [-0.2, 0) is 9.53 Å². The average Bonchev–Trinajstić information content (AvgIpc) is 3.03. The number of methoxy groups -OCH3 is 1. The number of benzene rings is 1. The van der Waals surface area contributed by atoms with Gasteiger partial charge in [-0.15, -0.1) is 11.3 Å². The quantitative estimate of drug-likeness (QED) is 0.728. The van der Waals surface area contributed by atoms with Gasteiger partial charge in [0.15, 0.2) is 11.6 Å². The lowest BCUT2D eigenvalue weighted by Gasteiger charge is -2.16. The van der Waals surface area contributed by atoms with Crippen LogP contribution in [0, 0.1) is 5.82 Å². The fourth-order valence-corrected chi connectivity index (χ4v) is 2.81. The molecule has 8 heteroatoms. The number of nitrogens with zero attached hydrogens (tertiary/aromatic N) is 1. The molecule has 1 N–H and O–H groups in total. The van der Waals surface area contributed by atoms with Crippen LogP contribution in [0.4, 0.5) is 10.1 Å². The number of para-hydroxylation sites is 1. The van der Waals surface area contributed by atoms with Crippen LogP contribution in [0.2, 0.25) is 0 Å². The van der Waals surface area contributed by atoms with Crippen molar-refractivity contribution in [3.8, 4) is 5.75 Å². The van der Waals surface area contributed by atoms with Crippen molar-refractivity contribution in [2.24, 2.45) is 0 Å². The van der Waals surface area contributed by atoms with Crippen LogP contribution in [0.25, 0.3) is 0 Å². The molecule has 0 radical (unpaired) electrons. The molecule has 25 heavy (non-hydrogen) atoms. The van der Waals surface area contributed by atoms with Crippen LogP contribution in [0.3, 0.4) is 0 Å². The Balaban J connectivity index is 1.78. The molecule has 0 saturated heterocycles. The van der Waals surface area contributed by atoms with E-state index in [4.69, 9.17) is 4.74 Å². The van der Waals surface area contributed by atoms with Gasteiger partial charge in [-0.1, -0.05) is 12.1 Å². The van der Waals surface area contributed by atoms with Crippen LogP contribution >= 0.6 is 11.3 Å². The van der Waals surface area contributed by atoms with E-state index in [0.29, 0.717) is 17.1 Å². The lowest BCUT2D eigenvalue weighted by atomic mass is 10.3. The lowest BCUT2D eigenvalue weighted by Crippen LogP contribution is -2.33. The molecule has 1 aromatic carbocycles. The first-order valence-corrected chi connectivity index (χ1v) is 8.40. The molecule has 0 fully saturated rings. The Morgan fingerprint density at radius 1 is 1.28 bits per heavy atom. The Labute approximate surface area is 149 Å². The number of thiophene rings is 1. The number of likely N-dealkylation sites (N-methyl/N-ethyl adjacent to an activating group) is 1. The number of rotatable bonds is 8. The van der Waals surface area contributed by atoms with Gasteiger partial charge >= 0.3 is 5.97 Å². The number of nitrogens with one attached hydrogen (secondary N) is 1. The van der Waals surface area contributed by atoms with Gasteiger partial charge in [0.1, 0.15) is 11.5 Å². The highest BCUT2D eigenvalue weighted by Gasteiger charge is 2.16. The van der Waals surface area contributed by atoms with Gasteiger partial charge in [0.05, 0.1) is 19.3 Å². The molecule has 0 aliphatic heterocycles. The molecule has 0 unspecified atom stereocenters. The number of ether oxygens (including phenoxy) is 2. The van der Waals surface area contributed by atoms with Crippen LogP contribution in [0.15, 0.2) is 35.7 Å². The van der Waals surface area contributed by atoms with Gasteiger partial charge in [-0.05, 0) is 30.6 Å². The van der Waals surface area contributed by atoms with Crippen molar-refractivity contribution in [2.45, 2.75) is 0 Å². The third-order valence-corrected chi connectivity index (χ3v) is 4.19. The predicted octanol–water partition coefficient (Wildman–Crippen LogP) is 2.62. The van der Waals surface area contributed by atoms with Gasteiger partial charge in [-0.3, -0.25) is 9.69 Å². The topological polar surface area (TPSA) is 67.9 Å². The highest BCUT2D eigenvalue weighted by atomic mass is 32.1. The Morgan fingerprint density at radius 3 is 2.76 bits per heavy atom. The van der Waals surface area contributed by atoms with Crippen molar-refractivity contribution >= 4 is 28.9 Å². The highest BCUT2D eigenvalue weighted by Crippen LogP contribution is 2.23. The molecule has 0 aliphatic rings. The van der Waals surface area contributed by atoms with Crippen molar-refractivity contribution in [1.82, 2.24) is 4.90 Å². The van der Waals surface area contributed by atoms with Crippen molar-refractivity contribution in [2.75, 3.05) is 39.2 Å². The zero-order valence-corrected chi connectivity index (χ0v) is 14.8. The molecule has 0 bridgehead atoms. The predicted molar refractivity (Wildman–Crippen MR) is 93.7 cm³/mol. The molecule has 0 spiro atoms. The van der Waals surface area contributed by atoms with Crippen LogP contribution < -0.4 is 10.1 Å². The van der Waals surface area contributed by atoms with Crippen molar-refractivity contribution < 1.29 is 23.5 Å². The number of halogens is 1. The third kappa shape index (κ3) is 5.54. The van der Waals surface area contributed by atoms with Gasteiger partial charge in [0.2, 0.25) is 5.91 Å². The molecule has 0 saturated carbocycles. The van der Waals surface area contributed by atoms with E-state index in [1.807, 2.05) is 0 Å². The van der Waals surface area contributed by atoms with E-state index in [1.165, 1.54) is 24.5 Å². The summed E-state index contributed by atoms with van der Waals surface area (Å²) in [5.74, 6) is -0.995. The van der Waals surface area contributed by atoms with Crippen molar-refractivity contribution in [1.29, 1.82) is 0 Å². The molecule has 1 amide bonds. The molecule has 1 heterocycles. The summed E-state index contributed by atoms with van der Waals surface area (Å²) >= 11 is 1.20. The normalized spacial score (nSPS) is 10.6. The zero-order valence-electron chi connectivity index (χ0n) is 14.0. The SMILES string of the molecule is COC(=O)c1sccc1NC(=O)CN(C)CCOc1ccccc1F. The standard InChI is InChI=1S/C17H19FN2O4S/c1-20(8-9-24-14-6-4-3-5-12(14)18)11-15(21)19-13-7-10-25-16(13)17(22)23-2/h3-7,10H,8-9,11H2,1-2H3,(H,19,21). The van der Waals surface area contributed by atoms with E-state index in [2.05, 4.69) is 10.1 Å². The van der Waals surface area contributed by atoms with E-state index < -0.39 is 11.8 Å². The molecule has 0 atom stereocenters. The first-order chi connectivity index (χ1) is 12.0. The van der Waals surface area contributed by atoms with Gasteiger partial charge < -0.3 is 14.8 Å². The molecule has 134 valence electrons. The fourth-order valence-electron chi connectivity index (χ4n) is 2.05. The van der Waals surface area contributed by atoms with E-state index in [0.717, 1.165) is 0 Å². The number of esters is 1. The molecular formula is C17H19FN2O4S. The molecule has 1 aromatic heterocycles. The smallest absolute Gasteiger partial charge is 0.350 e. The van der Waals surface area contributed by atoms with Crippen LogP contribution in [0.5, 0.6) is 5.75 Å². The maximum absolute atomic E-state index is 13.4. The Hall–Kier alpha value is -2.45. The number of carbonyl (C=O) groups excluding carboxylic acids is 2. The summed E-state index contributed by atoms with van der Waals surface area (Å²) in [6.45, 7) is 0.795. The van der Waals surface area contributed by atoms with Gasteiger partial charge in [0, 0.05) is 6.54 Å². The van der Waals surface area contributed by atoms with Gasteiger partial charge in [-0.2, -0.15) is 0 Å². The number of hydrogen-bond acceptors (Lipinski definition) is 6. The van der Waals surface area contributed by atoms with Gasteiger partial charge in [0.25, 0.3) is 0 Å². The molecule has 2 rings (SSSR count). The summed E-state index contributed by atoms with van der Waals surface area (Å²) in [5.41, 5.74) is 0.429. The van der Waals surface area contributed by atoms with E-state index in [1.54, 1.807) is 41.6 Å². The summed E-state index contributed by atoms with van der Waals surface area (Å²) < 4.78 is 23.4. The van der Waals surface area contributed by atoms with Gasteiger partial charge in [-0.25, -0.2) is 9.18 Å².